The van der Waals surface area contributed by atoms with E-state index in [1.54, 1.807) is 0 Å². The summed E-state index contributed by atoms with van der Waals surface area (Å²) in [5, 5.41) is 4.84. The van der Waals surface area contributed by atoms with Crippen LogP contribution in [0, 0.1) is 0 Å². The maximum absolute atomic E-state index is 13.1. The van der Waals surface area contributed by atoms with Gasteiger partial charge in [0.1, 0.15) is 0 Å². The third-order valence-electron chi connectivity index (χ3n) is 4.94. The lowest BCUT2D eigenvalue weighted by Gasteiger charge is -2.27. The van der Waals surface area contributed by atoms with Crippen molar-refractivity contribution in [2.45, 2.75) is 6.92 Å². The molecule has 1 heterocycles. The third-order valence-corrected chi connectivity index (χ3v) is 5.89. The highest BCUT2D eigenvalue weighted by atomic mass is 32.2. The third kappa shape index (κ3) is 3.76. The van der Waals surface area contributed by atoms with Gasteiger partial charge in [0.2, 0.25) is 5.91 Å². The molecule has 3 aromatic rings. The number of nitrogens with zero attached hydrogens (tertiary/aromatic N) is 1. The fourth-order valence-electron chi connectivity index (χ4n) is 3.65. The van der Waals surface area contributed by atoms with Gasteiger partial charge in [-0.15, -0.1) is 0 Å². The van der Waals surface area contributed by atoms with Gasteiger partial charge in [0, 0.05) is 42.8 Å². The molecule has 4 nitrogen and oxygen atoms in total. The maximum atomic E-state index is 13.1. The van der Waals surface area contributed by atoms with E-state index >= 15 is 0 Å². The van der Waals surface area contributed by atoms with E-state index in [9.17, 15) is 9.59 Å². The topological polar surface area (TPSA) is 49.4 Å². The lowest BCUT2D eigenvalue weighted by Crippen LogP contribution is -2.37. The van der Waals surface area contributed by atoms with E-state index in [-0.39, 0.29) is 11.8 Å². The van der Waals surface area contributed by atoms with Crippen LogP contribution in [0.5, 0.6) is 0 Å². The van der Waals surface area contributed by atoms with Crippen LogP contribution in [0.2, 0.25) is 0 Å². The van der Waals surface area contributed by atoms with Gasteiger partial charge in [-0.3, -0.25) is 9.59 Å². The lowest BCUT2D eigenvalue weighted by molar-refractivity contribution is -0.114. The van der Waals surface area contributed by atoms with Gasteiger partial charge in [0.05, 0.1) is 0 Å². The van der Waals surface area contributed by atoms with Gasteiger partial charge < -0.3 is 10.2 Å². The first-order valence-corrected chi connectivity index (χ1v) is 10.6. The summed E-state index contributed by atoms with van der Waals surface area (Å²) in [6, 6.07) is 19.8. The van der Waals surface area contributed by atoms with Crippen LogP contribution in [0.15, 0.2) is 60.7 Å². The van der Waals surface area contributed by atoms with E-state index in [0.717, 1.165) is 57.7 Å². The highest BCUT2D eigenvalue weighted by molar-refractivity contribution is 7.99. The predicted molar refractivity (Wildman–Crippen MR) is 117 cm³/mol. The molecule has 0 unspecified atom stereocenters. The monoisotopic (exact) mass is 390 g/mol. The van der Waals surface area contributed by atoms with Crippen molar-refractivity contribution in [1.29, 1.82) is 0 Å². The highest BCUT2D eigenvalue weighted by Crippen LogP contribution is 2.32. The van der Waals surface area contributed by atoms with E-state index in [1.807, 2.05) is 65.2 Å². The van der Waals surface area contributed by atoms with Crippen molar-refractivity contribution in [3.63, 3.8) is 0 Å². The Labute approximate surface area is 168 Å². The van der Waals surface area contributed by atoms with Crippen molar-refractivity contribution < 1.29 is 9.59 Å². The molecule has 4 rings (SSSR count). The fraction of sp³-hybridized carbons (Fsp3) is 0.217. The number of rotatable bonds is 3. The zero-order valence-corrected chi connectivity index (χ0v) is 16.6. The van der Waals surface area contributed by atoms with E-state index in [2.05, 4.69) is 17.4 Å². The molecule has 0 aliphatic carbocycles. The summed E-state index contributed by atoms with van der Waals surface area (Å²) in [4.78, 5) is 26.4. The summed E-state index contributed by atoms with van der Waals surface area (Å²) in [6.07, 6.45) is 0. The van der Waals surface area contributed by atoms with Crippen LogP contribution >= 0.6 is 11.8 Å². The van der Waals surface area contributed by atoms with Crippen molar-refractivity contribution in [3.8, 4) is 11.1 Å². The van der Waals surface area contributed by atoms with Crippen LogP contribution in [0.25, 0.3) is 21.9 Å². The molecule has 5 heteroatoms. The van der Waals surface area contributed by atoms with Gasteiger partial charge in [0.15, 0.2) is 0 Å². The molecule has 1 aliphatic heterocycles. The molecule has 1 fully saturated rings. The van der Waals surface area contributed by atoms with Gasteiger partial charge in [-0.05, 0) is 40.1 Å². The molecule has 1 N–H and O–H groups in total. The molecule has 1 saturated heterocycles. The summed E-state index contributed by atoms with van der Waals surface area (Å²) in [7, 11) is 0. The Bertz CT molecular complexity index is 1040. The van der Waals surface area contributed by atoms with E-state index < -0.39 is 0 Å². The smallest absolute Gasteiger partial charge is 0.254 e. The largest absolute Gasteiger partial charge is 0.337 e. The number of thioether (sulfide) groups is 1. The number of hydrogen-bond donors (Lipinski definition) is 1. The van der Waals surface area contributed by atoms with Crippen LogP contribution < -0.4 is 5.32 Å². The summed E-state index contributed by atoms with van der Waals surface area (Å²) in [5.74, 6) is 2.01. The Kier molecular flexibility index (Phi) is 5.35. The predicted octanol–water partition coefficient (Wildman–Crippen LogP) is 4.65. The molecule has 0 aromatic heterocycles. The van der Waals surface area contributed by atoms with Crippen molar-refractivity contribution in [2.75, 3.05) is 29.9 Å². The normalized spacial score (nSPS) is 14.1. The molecule has 0 spiro atoms. The maximum Gasteiger partial charge on any atom is 0.254 e. The minimum absolute atomic E-state index is 0.0948. The molecular formula is C23H22N2O2S. The molecular weight excluding hydrogens is 368 g/mol. The molecule has 0 atom stereocenters. The van der Waals surface area contributed by atoms with E-state index in [0.29, 0.717) is 0 Å². The minimum Gasteiger partial charge on any atom is -0.337 e. The molecule has 142 valence electrons. The number of anilines is 1. The summed E-state index contributed by atoms with van der Waals surface area (Å²) < 4.78 is 0. The number of carbonyl (C=O) groups excluding carboxylic acids is 2. The zero-order chi connectivity index (χ0) is 19.5. The second-order valence-corrected chi connectivity index (χ2v) is 8.10. The zero-order valence-electron chi connectivity index (χ0n) is 15.8. The molecule has 0 bridgehead atoms. The van der Waals surface area contributed by atoms with Gasteiger partial charge >= 0.3 is 0 Å². The van der Waals surface area contributed by atoms with Crippen molar-refractivity contribution in [1.82, 2.24) is 4.90 Å². The van der Waals surface area contributed by atoms with Crippen LogP contribution in [-0.2, 0) is 4.79 Å². The van der Waals surface area contributed by atoms with Crippen LogP contribution in [0.3, 0.4) is 0 Å². The number of benzene rings is 3. The van der Waals surface area contributed by atoms with Gasteiger partial charge in [-0.2, -0.15) is 11.8 Å². The number of hydrogen-bond acceptors (Lipinski definition) is 3. The van der Waals surface area contributed by atoms with Crippen LogP contribution in [0.4, 0.5) is 5.69 Å². The first-order chi connectivity index (χ1) is 13.6. The van der Waals surface area contributed by atoms with Crippen molar-refractivity contribution >= 4 is 40.0 Å². The second kappa shape index (κ2) is 8.07. The summed E-state index contributed by atoms with van der Waals surface area (Å²) in [6.45, 7) is 3.11. The van der Waals surface area contributed by atoms with Gasteiger partial charge in [0.25, 0.3) is 5.91 Å². The first-order valence-electron chi connectivity index (χ1n) is 9.40. The summed E-state index contributed by atoms with van der Waals surface area (Å²) in [5.41, 5.74) is 3.58. The SMILES string of the molecule is CC(=O)Nc1cccc(-c2cccc3c(C(=O)N4CCSCC4)cccc23)c1. The molecule has 28 heavy (non-hydrogen) atoms. The highest BCUT2D eigenvalue weighted by Gasteiger charge is 2.20. The average Bonchev–Trinajstić information content (AvgIpc) is 2.73. The second-order valence-electron chi connectivity index (χ2n) is 6.87. The van der Waals surface area contributed by atoms with Gasteiger partial charge in [-0.25, -0.2) is 0 Å². The molecule has 0 saturated carbocycles. The Hall–Kier alpha value is -2.79. The number of amides is 2. The van der Waals surface area contributed by atoms with Crippen molar-refractivity contribution in [2.24, 2.45) is 0 Å². The fourth-order valence-corrected chi connectivity index (χ4v) is 4.56. The van der Waals surface area contributed by atoms with Crippen molar-refractivity contribution in [3.05, 3.63) is 66.2 Å². The van der Waals surface area contributed by atoms with Gasteiger partial charge in [-0.1, -0.05) is 42.5 Å². The Balaban J connectivity index is 1.77. The Morgan fingerprint density at radius 2 is 1.64 bits per heavy atom. The molecule has 2 amide bonds. The molecule has 3 aromatic carbocycles. The van der Waals surface area contributed by atoms with E-state index in [1.165, 1.54) is 6.92 Å². The van der Waals surface area contributed by atoms with E-state index in [4.69, 9.17) is 0 Å². The Morgan fingerprint density at radius 3 is 2.43 bits per heavy atom. The molecule has 0 radical (unpaired) electrons. The standard InChI is InChI=1S/C23H22N2O2S/c1-16(26)24-18-6-2-5-17(15-18)19-7-3-9-21-20(19)8-4-10-22(21)23(27)25-11-13-28-14-12-25/h2-10,15H,11-14H2,1H3,(H,24,26). The first kappa shape index (κ1) is 18.6. The molecule has 1 aliphatic rings. The number of fused-ring (bicyclic) bond motifs is 1. The lowest BCUT2D eigenvalue weighted by atomic mass is 9.95. The number of carbonyl (C=O) groups is 2. The number of nitrogens with one attached hydrogen (secondary N) is 1. The summed E-state index contributed by atoms with van der Waals surface area (Å²) >= 11 is 1.90. The Morgan fingerprint density at radius 1 is 0.929 bits per heavy atom. The quantitative estimate of drug-likeness (QED) is 0.708. The van der Waals surface area contributed by atoms with Crippen LogP contribution in [-0.4, -0.2) is 41.3 Å². The van der Waals surface area contributed by atoms with Crippen LogP contribution in [0.1, 0.15) is 17.3 Å². The minimum atomic E-state index is -0.0948. The average molecular weight is 391 g/mol.